The van der Waals surface area contributed by atoms with E-state index in [-0.39, 0.29) is 5.56 Å². The van der Waals surface area contributed by atoms with E-state index in [1.807, 2.05) is 0 Å². The van der Waals surface area contributed by atoms with E-state index in [9.17, 15) is 9.59 Å². The number of halogens is 1. The first-order chi connectivity index (χ1) is 10.0. The summed E-state index contributed by atoms with van der Waals surface area (Å²) in [6.45, 7) is 0. The maximum atomic E-state index is 12.2. The summed E-state index contributed by atoms with van der Waals surface area (Å²) in [5.41, 5.74) is 7.14. The zero-order valence-corrected chi connectivity index (χ0v) is 12.0. The van der Waals surface area contributed by atoms with Crippen molar-refractivity contribution < 1.29 is 14.3 Å². The van der Waals surface area contributed by atoms with Crippen LogP contribution in [-0.4, -0.2) is 19.0 Å². The summed E-state index contributed by atoms with van der Waals surface area (Å²) in [5.74, 6) is -0.887. The minimum absolute atomic E-state index is 0.264. The molecule has 2 aromatic carbocycles. The number of ether oxygens (including phenoxy) is 1. The number of methoxy groups -OCH3 is 1. The second-order valence-corrected chi connectivity index (χ2v) is 4.67. The Morgan fingerprint density at radius 3 is 2.67 bits per heavy atom. The van der Waals surface area contributed by atoms with Crippen LogP contribution in [0.4, 0.5) is 11.4 Å². The highest BCUT2D eigenvalue weighted by Crippen LogP contribution is 2.21. The first kappa shape index (κ1) is 14.9. The van der Waals surface area contributed by atoms with Crippen LogP contribution >= 0.6 is 11.6 Å². The molecule has 21 heavy (non-hydrogen) atoms. The van der Waals surface area contributed by atoms with Crippen molar-refractivity contribution in [2.24, 2.45) is 0 Å². The van der Waals surface area contributed by atoms with Gasteiger partial charge in [-0.2, -0.15) is 0 Å². The number of carbonyl (C=O) groups is 2. The van der Waals surface area contributed by atoms with Gasteiger partial charge in [-0.05, 0) is 36.4 Å². The van der Waals surface area contributed by atoms with Crippen molar-refractivity contribution >= 4 is 34.9 Å². The van der Waals surface area contributed by atoms with Gasteiger partial charge in [0.25, 0.3) is 5.91 Å². The van der Waals surface area contributed by atoms with Crippen LogP contribution in [0.3, 0.4) is 0 Å². The van der Waals surface area contributed by atoms with Gasteiger partial charge in [0.05, 0.1) is 23.3 Å². The van der Waals surface area contributed by atoms with Crippen LogP contribution in [0.25, 0.3) is 0 Å². The molecule has 0 atom stereocenters. The van der Waals surface area contributed by atoms with Crippen molar-refractivity contribution in [2.75, 3.05) is 18.2 Å². The van der Waals surface area contributed by atoms with Crippen molar-refractivity contribution in [2.45, 2.75) is 0 Å². The minimum atomic E-state index is -0.479. The Bertz CT molecular complexity index is 701. The lowest BCUT2D eigenvalue weighted by Crippen LogP contribution is -2.13. The van der Waals surface area contributed by atoms with Crippen LogP contribution in [0.2, 0.25) is 5.02 Å². The van der Waals surface area contributed by atoms with E-state index in [0.29, 0.717) is 22.0 Å². The van der Waals surface area contributed by atoms with Crippen LogP contribution in [-0.2, 0) is 4.74 Å². The van der Waals surface area contributed by atoms with Crippen molar-refractivity contribution in [1.29, 1.82) is 0 Å². The Labute approximate surface area is 126 Å². The standard InChI is InChI=1S/C15H13ClN2O3/c1-21-15(20)9-3-2-4-11(7-9)18-14(19)12-8-10(17)5-6-13(12)16/h2-8H,17H2,1H3,(H,18,19). The number of rotatable bonds is 3. The van der Waals surface area contributed by atoms with Gasteiger partial charge in [-0.1, -0.05) is 17.7 Å². The van der Waals surface area contributed by atoms with E-state index in [0.717, 1.165) is 0 Å². The number of anilines is 2. The first-order valence-electron chi connectivity index (χ1n) is 6.06. The number of nitrogens with two attached hydrogens (primary N) is 1. The van der Waals surface area contributed by atoms with Crippen molar-refractivity contribution in [3.05, 3.63) is 58.6 Å². The molecule has 0 saturated carbocycles. The first-order valence-corrected chi connectivity index (χ1v) is 6.44. The molecule has 0 aliphatic rings. The van der Waals surface area contributed by atoms with Gasteiger partial charge < -0.3 is 15.8 Å². The summed E-state index contributed by atoms with van der Waals surface area (Å²) in [4.78, 5) is 23.6. The van der Waals surface area contributed by atoms with E-state index in [1.165, 1.54) is 19.2 Å². The predicted octanol–water partition coefficient (Wildman–Crippen LogP) is 2.96. The Balaban J connectivity index is 2.23. The fourth-order valence-electron chi connectivity index (χ4n) is 1.76. The molecule has 3 N–H and O–H groups in total. The fourth-order valence-corrected chi connectivity index (χ4v) is 1.96. The number of hydrogen-bond donors (Lipinski definition) is 2. The largest absolute Gasteiger partial charge is 0.465 e. The second-order valence-electron chi connectivity index (χ2n) is 4.27. The van der Waals surface area contributed by atoms with E-state index in [2.05, 4.69) is 10.1 Å². The lowest BCUT2D eigenvalue weighted by atomic mass is 10.1. The van der Waals surface area contributed by atoms with Crippen LogP contribution in [0.15, 0.2) is 42.5 Å². The molecule has 0 radical (unpaired) electrons. The zero-order valence-electron chi connectivity index (χ0n) is 11.2. The molecular formula is C15H13ClN2O3. The Kier molecular flexibility index (Phi) is 4.45. The minimum Gasteiger partial charge on any atom is -0.465 e. The van der Waals surface area contributed by atoms with Crippen LogP contribution in [0.1, 0.15) is 20.7 Å². The molecule has 2 aromatic rings. The van der Waals surface area contributed by atoms with Gasteiger partial charge in [-0.3, -0.25) is 4.79 Å². The molecule has 5 nitrogen and oxygen atoms in total. The number of hydrogen-bond acceptors (Lipinski definition) is 4. The van der Waals surface area contributed by atoms with Gasteiger partial charge in [-0.25, -0.2) is 4.79 Å². The molecule has 1 amide bonds. The number of carbonyl (C=O) groups excluding carboxylic acids is 2. The summed E-state index contributed by atoms with van der Waals surface area (Å²) in [6.07, 6.45) is 0. The normalized spacial score (nSPS) is 10.0. The Morgan fingerprint density at radius 2 is 1.95 bits per heavy atom. The molecule has 2 rings (SSSR count). The molecule has 0 aliphatic heterocycles. The number of amides is 1. The number of nitrogen functional groups attached to an aromatic ring is 1. The summed E-state index contributed by atoms with van der Waals surface area (Å²) in [6, 6.07) is 11.1. The zero-order chi connectivity index (χ0) is 15.4. The molecule has 0 unspecified atom stereocenters. The third-order valence-corrected chi connectivity index (χ3v) is 3.11. The lowest BCUT2D eigenvalue weighted by Gasteiger charge is -2.08. The number of benzene rings is 2. The van der Waals surface area contributed by atoms with Crippen molar-refractivity contribution in [3.63, 3.8) is 0 Å². The van der Waals surface area contributed by atoms with Gasteiger partial charge >= 0.3 is 5.97 Å². The molecule has 108 valence electrons. The number of nitrogens with one attached hydrogen (secondary N) is 1. The van der Waals surface area contributed by atoms with Gasteiger partial charge in [0.2, 0.25) is 0 Å². The molecule has 6 heteroatoms. The quantitative estimate of drug-likeness (QED) is 0.674. The molecule has 0 aromatic heterocycles. The number of esters is 1. The summed E-state index contributed by atoms with van der Waals surface area (Å²) < 4.78 is 4.63. The van der Waals surface area contributed by atoms with E-state index < -0.39 is 11.9 Å². The van der Waals surface area contributed by atoms with Crippen LogP contribution in [0, 0.1) is 0 Å². The Morgan fingerprint density at radius 1 is 1.19 bits per heavy atom. The fraction of sp³-hybridized carbons (Fsp3) is 0.0667. The smallest absolute Gasteiger partial charge is 0.337 e. The van der Waals surface area contributed by atoms with Crippen LogP contribution < -0.4 is 11.1 Å². The third-order valence-electron chi connectivity index (χ3n) is 2.78. The molecular weight excluding hydrogens is 292 g/mol. The van der Waals surface area contributed by atoms with Crippen molar-refractivity contribution in [3.8, 4) is 0 Å². The van der Waals surface area contributed by atoms with E-state index in [1.54, 1.807) is 30.3 Å². The maximum Gasteiger partial charge on any atom is 0.337 e. The van der Waals surface area contributed by atoms with Gasteiger partial charge in [0.1, 0.15) is 0 Å². The van der Waals surface area contributed by atoms with Gasteiger partial charge in [0.15, 0.2) is 0 Å². The summed E-state index contributed by atoms with van der Waals surface area (Å²) in [7, 11) is 1.29. The van der Waals surface area contributed by atoms with Crippen LogP contribution in [0.5, 0.6) is 0 Å². The molecule has 0 saturated heterocycles. The molecule has 0 bridgehead atoms. The maximum absolute atomic E-state index is 12.2. The Hall–Kier alpha value is -2.53. The monoisotopic (exact) mass is 304 g/mol. The van der Waals surface area contributed by atoms with Gasteiger partial charge in [0, 0.05) is 11.4 Å². The highest BCUT2D eigenvalue weighted by molar-refractivity contribution is 6.34. The predicted molar refractivity (Wildman–Crippen MR) is 81.6 cm³/mol. The molecule has 0 aliphatic carbocycles. The van der Waals surface area contributed by atoms with Crippen molar-refractivity contribution in [1.82, 2.24) is 0 Å². The average Bonchev–Trinajstić information content (AvgIpc) is 2.49. The highest BCUT2D eigenvalue weighted by atomic mass is 35.5. The van der Waals surface area contributed by atoms with E-state index in [4.69, 9.17) is 17.3 Å². The summed E-state index contributed by atoms with van der Waals surface area (Å²) >= 11 is 5.97. The average molecular weight is 305 g/mol. The molecule has 0 spiro atoms. The van der Waals surface area contributed by atoms with E-state index >= 15 is 0 Å². The third kappa shape index (κ3) is 3.52. The molecule has 0 fully saturated rings. The second kappa shape index (κ2) is 6.28. The highest BCUT2D eigenvalue weighted by Gasteiger charge is 2.12. The SMILES string of the molecule is COC(=O)c1cccc(NC(=O)c2cc(N)ccc2Cl)c1. The topological polar surface area (TPSA) is 81.4 Å². The summed E-state index contributed by atoms with van der Waals surface area (Å²) in [5, 5.41) is 2.96. The molecule has 0 heterocycles. The lowest BCUT2D eigenvalue weighted by molar-refractivity contribution is 0.0600. The van der Waals surface area contributed by atoms with Gasteiger partial charge in [-0.15, -0.1) is 0 Å².